The highest BCUT2D eigenvalue weighted by atomic mass is 16.6. The van der Waals surface area contributed by atoms with Crippen molar-refractivity contribution < 1.29 is 19.1 Å². The number of nitrogens with one attached hydrogen (secondary N) is 2. The van der Waals surface area contributed by atoms with E-state index in [9.17, 15) is 14.4 Å². The fourth-order valence-electron chi connectivity index (χ4n) is 2.99. The van der Waals surface area contributed by atoms with Crippen LogP contribution in [-0.4, -0.2) is 54.1 Å². The fourth-order valence-corrected chi connectivity index (χ4v) is 2.99. The first-order valence-electron chi connectivity index (χ1n) is 9.76. The van der Waals surface area contributed by atoms with E-state index in [2.05, 4.69) is 10.6 Å². The predicted molar refractivity (Wildman–Crippen MR) is 107 cm³/mol. The first kappa shape index (κ1) is 21.7. The van der Waals surface area contributed by atoms with Crippen LogP contribution in [0.15, 0.2) is 24.3 Å². The summed E-state index contributed by atoms with van der Waals surface area (Å²) in [7, 11) is 0. The van der Waals surface area contributed by atoms with Crippen LogP contribution in [0.25, 0.3) is 0 Å². The van der Waals surface area contributed by atoms with E-state index in [1.165, 1.54) is 0 Å². The molecule has 2 rings (SSSR count). The Morgan fingerprint density at radius 1 is 1.11 bits per heavy atom. The molecule has 0 radical (unpaired) electrons. The second-order valence-electron chi connectivity index (χ2n) is 8.17. The number of alkyl carbamates (subject to hydrolysis) is 1. The van der Waals surface area contributed by atoms with E-state index in [0.717, 1.165) is 18.4 Å². The number of nitrogens with zero attached hydrogens (tertiary/aromatic N) is 1. The Morgan fingerprint density at radius 2 is 1.71 bits per heavy atom. The summed E-state index contributed by atoms with van der Waals surface area (Å²) >= 11 is 0. The van der Waals surface area contributed by atoms with Crippen molar-refractivity contribution in [1.82, 2.24) is 15.5 Å². The molecular formula is C21H31N3O4. The minimum Gasteiger partial charge on any atom is -0.444 e. The number of aryl methyl sites for hydroxylation is 1. The molecule has 0 unspecified atom stereocenters. The normalized spacial score (nSPS) is 15.1. The molecule has 0 aliphatic carbocycles. The van der Waals surface area contributed by atoms with Crippen molar-refractivity contribution in [3.05, 3.63) is 35.4 Å². The summed E-state index contributed by atoms with van der Waals surface area (Å²) in [6, 6.07) is 7.54. The van der Waals surface area contributed by atoms with Gasteiger partial charge < -0.3 is 20.3 Å². The molecule has 0 bridgehead atoms. The van der Waals surface area contributed by atoms with Gasteiger partial charge in [0, 0.05) is 37.7 Å². The average Bonchev–Trinajstić information content (AvgIpc) is 2.61. The molecule has 0 atom stereocenters. The van der Waals surface area contributed by atoms with Crippen LogP contribution in [0.5, 0.6) is 0 Å². The number of amides is 3. The second-order valence-corrected chi connectivity index (χ2v) is 8.17. The van der Waals surface area contributed by atoms with Crippen LogP contribution in [0.3, 0.4) is 0 Å². The number of likely N-dealkylation sites (tertiary alicyclic amines) is 1. The number of rotatable bonds is 5. The molecule has 1 heterocycles. The lowest BCUT2D eigenvalue weighted by atomic mass is 10.0. The highest BCUT2D eigenvalue weighted by Gasteiger charge is 2.24. The largest absolute Gasteiger partial charge is 0.444 e. The van der Waals surface area contributed by atoms with Crippen molar-refractivity contribution in [2.45, 2.75) is 58.6 Å². The first-order chi connectivity index (χ1) is 13.1. The zero-order valence-corrected chi connectivity index (χ0v) is 17.2. The van der Waals surface area contributed by atoms with Gasteiger partial charge in [-0.2, -0.15) is 0 Å². The zero-order valence-electron chi connectivity index (χ0n) is 17.2. The average molecular weight is 389 g/mol. The maximum absolute atomic E-state index is 12.3. The number of piperidine rings is 1. The molecule has 1 aliphatic rings. The quantitative estimate of drug-likeness (QED) is 0.810. The van der Waals surface area contributed by atoms with Crippen LogP contribution < -0.4 is 10.6 Å². The van der Waals surface area contributed by atoms with E-state index in [1.54, 1.807) is 25.7 Å². The van der Waals surface area contributed by atoms with Gasteiger partial charge in [-0.3, -0.25) is 9.59 Å². The number of hydrogen-bond acceptors (Lipinski definition) is 4. The molecule has 1 aromatic rings. The number of carbonyl (C=O) groups excluding carboxylic acids is 3. The molecule has 3 amide bonds. The van der Waals surface area contributed by atoms with Crippen LogP contribution in [0.2, 0.25) is 0 Å². The van der Waals surface area contributed by atoms with Gasteiger partial charge >= 0.3 is 6.09 Å². The molecule has 2 N–H and O–H groups in total. The molecule has 0 aromatic heterocycles. The lowest BCUT2D eigenvalue weighted by Crippen LogP contribution is -2.47. The SMILES string of the molecule is Cc1ccc(C(=O)NC2CCN(C(=O)CCNC(=O)OC(C)(C)C)CC2)cc1. The molecule has 7 nitrogen and oxygen atoms in total. The van der Waals surface area contributed by atoms with Crippen molar-refractivity contribution >= 4 is 17.9 Å². The molecule has 0 spiro atoms. The van der Waals surface area contributed by atoms with Crippen LogP contribution in [0.1, 0.15) is 56.0 Å². The van der Waals surface area contributed by atoms with Gasteiger partial charge in [-0.15, -0.1) is 0 Å². The summed E-state index contributed by atoms with van der Waals surface area (Å²) in [4.78, 5) is 38.0. The number of hydrogen-bond donors (Lipinski definition) is 2. The summed E-state index contributed by atoms with van der Waals surface area (Å²) in [5, 5.41) is 5.64. The van der Waals surface area contributed by atoms with E-state index in [0.29, 0.717) is 18.7 Å². The maximum Gasteiger partial charge on any atom is 0.407 e. The van der Waals surface area contributed by atoms with E-state index in [4.69, 9.17) is 4.74 Å². The van der Waals surface area contributed by atoms with Gasteiger partial charge in [-0.25, -0.2) is 4.79 Å². The van der Waals surface area contributed by atoms with Crippen molar-refractivity contribution in [3.8, 4) is 0 Å². The molecule has 1 aliphatic heterocycles. The van der Waals surface area contributed by atoms with Gasteiger partial charge in [0.15, 0.2) is 0 Å². The Balaban J connectivity index is 1.68. The van der Waals surface area contributed by atoms with Crippen LogP contribution >= 0.6 is 0 Å². The van der Waals surface area contributed by atoms with Crippen molar-refractivity contribution in [2.75, 3.05) is 19.6 Å². The predicted octanol–water partition coefficient (Wildman–Crippen LogP) is 2.63. The zero-order chi connectivity index (χ0) is 20.7. The molecular weight excluding hydrogens is 358 g/mol. The topological polar surface area (TPSA) is 87.7 Å². The molecule has 1 fully saturated rings. The lowest BCUT2D eigenvalue weighted by Gasteiger charge is -2.32. The third-order valence-electron chi connectivity index (χ3n) is 4.50. The molecule has 1 saturated heterocycles. The molecule has 1 aromatic carbocycles. The summed E-state index contributed by atoms with van der Waals surface area (Å²) in [6.45, 7) is 8.81. The molecule has 0 saturated carbocycles. The highest BCUT2D eigenvalue weighted by molar-refractivity contribution is 5.94. The van der Waals surface area contributed by atoms with E-state index in [1.807, 2.05) is 31.2 Å². The van der Waals surface area contributed by atoms with E-state index >= 15 is 0 Å². The summed E-state index contributed by atoms with van der Waals surface area (Å²) in [5.74, 6) is -0.0780. The van der Waals surface area contributed by atoms with Crippen molar-refractivity contribution in [1.29, 1.82) is 0 Å². The van der Waals surface area contributed by atoms with Gasteiger partial charge in [0.1, 0.15) is 5.60 Å². The Hall–Kier alpha value is -2.57. The minimum atomic E-state index is -0.557. The fraction of sp³-hybridized carbons (Fsp3) is 0.571. The smallest absolute Gasteiger partial charge is 0.407 e. The van der Waals surface area contributed by atoms with Gasteiger partial charge in [-0.1, -0.05) is 17.7 Å². The lowest BCUT2D eigenvalue weighted by molar-refractivity contribution is -0.132. The van der Waals surface area contributed by atoms with E-state index in [-0.39, 0.29) is 30.8 Å². The molecule has 7 heteroatoms. The third kappa shape index (κ3) is 7.21. The number of carbonyl (C=O) groups is 3. The van der Waals surface area contributed by atoms with Gasteiger partial charge in [0.05, 0.1) is 0 Å². The monoisotopic (exact) mass is 389 g/mol. The Labute approximate surface area is 166 Å². The summed E-state index contributed by atoms with van der Waals surface area (Å²) in [5.41, 5.74) is 1.21. The molecule has 28 heavy (non-hydrogen) atoms. The van der Waals surface area contributed by atoms with Crippen LogP contribution in [0.4, 0.5) is 4.79 Å². The van der Waals surface area contributed by atoms with Gasteiger partial charge in [-0.05, 0) is 52.7 Å². The standard InChI is InChI=1S/C21H31N3O4/c1-15-5-7-16(8-6-15)19(26)23-17-10-13-24(14-11-17)18(25)9-12-22-20(27)28-21(2,3)4/h5-8,17H,9-14H2,1-4H3,(H,22,27)(H,23,26). The summed E-state index contributed by atoms with van der Waals surface area (Å²) < 4.78 is 5.14. The van der Waals surface area contributed by atoms with Crippen molar-refractivity contribution in [2.24, 2.45) is 0 Å². The highest BCUT2D eigenvalue weighted by Crippen LogP contribution is 2.13. The summed E-state index contributed by atoms with van der Waals surface area (Å²) in [6.07, 6.45) is 1.17. The van der Waals surface area contributed by atoms with Crippen LogP contribution in [0, 0.1) is 6.92 Å². The Morgan fingerprint density at radius 3 is 2.29 bits per heavy atom. The van der Waals surface area contributed by atoms with E-state index < -0.39 is 11.7 Å². The second kappa shape index (κ2) is 9.57. The van der Waals surface area contributed by atoms with Gasteiger partial charge in [0.25, 0.3) is 5.91 Å². The third-order valence-corrected chi connectivity index (χ3v) is 4.50. The molecule has 154 valence electrons. The van der Waals surface area contributed by atoms with Gasteiger partial charge in [0.2, 0.25) is 5.91 Å². The first-order valence-corrected chi connectivity index (χ1v) is 9.76. The van der Waals surface area contributed by atoms with Crippen LogP contribution in [-0.2, 0) is 9.53 Å². The maximum atomic E-state index is 12.3. The Bertz CT molecular complexity index is 687. The van der Waals surface area contributed by atoms with Crippen molar-refractivity contribution in [3.63, 3.8) is 0 Å². The number of ether oxygens (including phenoxy) is 1. The number of benzene rings is 1. The Kier molecular flexibility index (Phi) is 7.43. The minimum absolute atomic E-state index is 0.000584.